The highest BCUT2D eigenvalue weighted by atomic mass is 16.2. The number of hydrogen-bond acceptors (Lipinski definition) is 4. The van der Waals surface area contributed by atoms with Gasteiger partial charge in [-0.15, -0.1) is 0 Å². The van der Waals surface area contributed by atoms with Crippen molar-refractivity contribution in [2.75, 3.05) is 5.32 Å². The summed E-state index contributed by atoms with van der Waals surface area (Å²) in [4.78, 5) is 35.6. The lowest BCUT2D eigenvalue weighted by atomic mass is 9.99. The first-order chi connectivity index (χ1) is 20.2. The molecule has 1 atom stereocenters. The lowest BCUT2D eigenvalue weighted by Gasteiger charge is -2.19. The zero-order valence-corrected chi connectivity index (χ0v) is 22.1. The van der Waals surface area contributed by atoms with Crippen molar-refractivity contribution in [2.24, 2.45) is 0 Å². The molecule has 0 aliphatic heterocycles. The number of anilines is 1. The van der Waals surface area contributed by atoms with Crippen LogP contribution in [0, 0.1) is 0 Å². The number of benzene rings is 4. The number of carbonyl (C=O) groups excluding carboxylic acids is 2. The Morgan fingerprint density at radius 1 is 0.659 bits per heavy atom. The van der Waals surface area contributed by atoms with Crippen LogP contribution in [0.4, 0.5) is 5.69 Å². The Morgan fingerprint density at radius 2 is 1.39 bits per heavy atom. The topological polar surface area (TPSA) is 84.0 Å². The highest BCUT2D eigenvalue weighted by Crippen LogP contribution is 2.26. The molecule has 41 heavy (non-hydrogen) atoms. The third-order valence-corrected chi connectivity index (χ3v) is 6.85. The van der Waals surface area contributed by atoms with Gasteiger partial charge in [0, 0.05) is 29.0 Å². The van der Waals surface area contributed by atoms with Crippen LogP contribution in [-0.4, -0.2) is 21.8 Å². The molecule has 6 aromatic rings. The number of nitrogens with one attached hydrogen (secondary N) is 2. The molecule has 6 heteroatoms. The van der Waals surface area contributed by atoms with Gasteiger partial charge in [-0.3, -0.25) is 19.6 Å². The number of carbonyl (C=O) groups is 2. The number of rotatable bonds is 7. The van der Waals surface area contributed by atoms with Gasteiger partial charge in [-0.1, -0.05) is 91.0 Å². The lowest BCUT2D eigenvalue weighted by Crippen LogP contribution is -2.30. The van der Waals surface area contributed by atoms with Crippen molar-refractivity contribution in [3.63, 3.8) is 0 Å². The van der Waals surface area contributed by atoms with E-state index in [4.69, 9.17) is 0 Å². The second-order valence-corrected chi connectivity index (χ2v) is 9.57. The monoisotopic (exact) mass is 534 g/mol. The molecule has 0 aliphatic rings. The van der Waals surface area contributed by atoms with Gasteiger partial charge in [-0.05, 0) is 53.1 Å². The summed E-state index contributed by atoms with van der Waals surface area (Å²) in [7, 11) is 0. The third kappa shape index (κ3) is 5.72. The molecule has 0 bridgehead atoms. The van der Waals surface area contributed by atoms with E-state index in [2.05, 4.69) is 20.6 Å². The van der Waals surface area contributed by atoms with Crippen LogP contribution in [0.3, 0.4) is 0 Å². The van der Waals surface area contributed by atoms with E-state index < -0.39 is 6.04 Å². The maximum atomic E-state index is 13.3. The van der Waals surface area contributed by atoms with Crippen LogP contribution >= 0.6 is 0 Å². The van der Waals surface area contributed by atoms with Gasteiger partial charge >= 0.3 is 0 Å². The molecule has 6 nitrogen and oxygen atoms in total. The summed E-state index contributed by atoms with van der Waals surface area (Å²) in [6.45, 7) is 0. The molecule has 4 aromatic carbocycles. The minimum atomic E-state index is -0.406. The van der Waals surface area contributed by atoms with E-state index in [1.54, 1.807) is 24.5 Å². The first-order valence-corrected chi connectivity index (χ1v) is 13.3. The van der Waals surface area contributed by atoms with Crippen molar-refractivity contribution in [3.05, 3.63) is 162 Å². The second kappa shape index (κ2) is 11.6. The standard InChI is InChI=1S/C35H26N4O2/c40-34(39-33(25-13-5-2-6-14-25)31-17-9-10-20-36-31)27-21-26-18-19-28(22-32(26)37-23-27)38-35(41)30-16-8-7-15-29(30)24-11-3-1-4-12-24/h1-23,33H,(H,38,41)(H,39,40). The van der Waals surface area contributed by atoms with Crippen molar-refractivity contribution in [3.8, 4) is 11.1 Å². The molecule has 0 fully saturated rings. The Morgan fingerprint density at radius 3 is 2.17 bits per heavy atom. The van der Waals surface area contributed by atoms with E-state index in [-0.39, 0.29) is 11.8 Å². The lowest BCUT2D eigenvalue weighted by molar-refractivity contribution is 0.0941. The molecule has 0 saturated heterocycles. The highest BCUT2D eigenvalue weighted by molar-refractivity contribution is 6.09. The molecule has 0 aliphatic carbocycles. The summed E-state index contributed by atoms with van der Waals surface area (Å²) in [6, 6.07) is 39.6. The average molecular weight is 535 g/mol. The number of pyridine rings is 2. The molecular weight excluding hydrogens is 508 g/mol. The molecule has 198 valence electrons. The second-order valence-electron chi connectivity index (χ2n) is 9.57. The summed E-state index contributed by atoms with van der Waals surface area (Å²) in [5, 5.41) is 6.89. The number of amides is 2. The van der Waals surface area contributed by atoms with Gasteiger partial charge in [-0.25, -0.2) is 0 Å². The minimum Gasteiger partial charge on any atom is -0.339 e. The SMILES string of the molecule is O=C(NC(c1ccccc1)c1ccccn1)c1cnc2cc(NC(=O)c3ccccc3-c3ccccc3)ccc2c1. The van der Waals surface area contributed by atoms with E-state index in [1.807, 2.05) is 115 Å². The predicted molar refractivity (Wildman–Crippen MR) is 162 cm³/mol. The molecule has 0 spiro atoms. The summed E-state index contributed by atoms with van der Waals surface area (Å²) in [5.74, 6) is -0.463. The fourth-order valence-corrected chi connectivity index (χ4v) is 4.81. The first kappa shape index (κ1) is 25.6. The molecule has 1 unspecified atom stereocenters. The van der Waals surface area contributed by atoms with Gasteiger partial charge in [0.1, 0.15) is 0 Å². The van der Waals surface area contributed by atoms with Gasteiger partial charge < -0.3 is 10.6 Å². The van der Waals surface area contributed by atoms with E-state index >= 15 is 0 Å². The van der Waals surface area contributed by atoms with Crippen molar-refractivity contribution in [1.29, 1.82) is 0 Å². The Labute approximate surface area is 237 Å². The van der Waals surface area contributed by atoms with Gasteiger partial charge in [-0.2, -0.15) is 0 Å². The van der Waals surface area contributed by atoms with Crippen LogP contribution < -0.4 is 10.6 Å². The quantitative estimate of drug-likeness (QED) is 0.229. The molecule has 2 aromatic heterocycles. The van der Waals surface area contributed by atoms with E-state index in [0.29, 0.717) is 22.3 Å². The number of fused-ring (bicyclic) bond motifs is 1. The predicted octanol–water partition coefficient (Wildman–Crippen LogP) is 7.07. The maximum Gasteiger partial charge on any atom is 0.256 e. The molecule has 2 amide bonds. The van der Waals surface area contributed by atoms with E-state index in [1.165, 1.54) is 0 Å². The highest BCUT2D eigenvalue weighted by Gasteiger charge is 2.19. The van der Waals surface area contributed by atoms with E-state index in [0.717, 1.165) is 27.8 Å². The maximum absolute atomic E-state index is 13.3. The van der Waals surface area contributed by atoms with Crippen LogP contribution in [0.2, 0.25) is 0 Å². The largest absolute Gasteiger partial charge is 0.339 e. The summed E-state index contributed by atoms with van der Waals surface area (Å²) in [5.41, 5.74) is 5.82. The average Bonchev–Trinajstić information content (AvgIpc) is 3.04. The summed E-state index contributed by atoms with van der Waals surface area (Å²) < 4.78 is 0. The van der Waals surface area contributed by atoms with Crippen LogP contribution in [0.5, 0.6) is 0 Å². The molecule has 6 rings (SSSR count). The van der Waals surface area contributed by atoms with Crippen LogP contribution in [-0.2, 0) is 0 Å². The van der Waals surface area contributed by atoms with Crippen molar-refractivity contribution in [2.45, 2.75) is 6.04 Å². The fourth-order valence-electron chi connectivity index (χ4n) is 4.81. The molecule has 0 radical (unpaired) electrons. The minimum absolute atomic E-state index is 0.207. The van der Waals surface area contributed by atoms with Gasteiger partial charge in [0.2, 0.25) is 0 Å². The van der Waals surface area contributed by atoms with Crippen LogP contribution in [0.1, 0.15) is 38.0 Å². The Kier molecular flexibility index (Phi) is 7.28. The molecule has 2 heterocycles. The Hall–Kier alpha value is -5.62. The number of nitrogens with zero attached hydrogens (tertiary/aromatic N) is 2. The van der Waals surface area contributed by atoms with Crippen molar-refractivity contribution < 1.29 is 9.59 Å². The molecule has 2 N–H and O–H groups in total. The smallest absolute Gasteiger partial charge is 0.256 e. The van der Waals surface area contributed by atoms with Crippen molar-refractivity contribution in [1.82, 2.24) is 15.3 Å². The normalized spacial score (nSPS) is 11.5. The summed E-state index contributed by atoms with van der Waals surface area (Å²) >= 11 is 0. The van der Waals surface area contributed by atoms with Crippen LogP contribution in [0.15, 0.2) is 140 Å². The Balaban J connectivity index is 1.22. The summed E-state index contributed by atoms with van der Waals surface area (Å²) in [6.07, 6.45) is 3.26. The zero-order valence-electron chi connectivity index (χ0n) is 22.1. The Bertz CT molecular complexity index is 1780. The fraction of sp³-hybridized carbons (Fsp3) is 0.0286. The number of hydrogen-bond donors (Lipinski definition) is 2. The first-order valence-electron chi connectivity index (χ1n) is 13.3. The van der Waals surface area contributed by atoms with Crippen molar-refractivity contribution >= 4 is 28.4 Å². The number of aromatic nitrogens is 2. The van der Waals surface area contributed by atoms with Crippen LogP contribution in [0.25, 0.3) is 22.0 Å². The van der Waals surface area contributed by atoms with Gasteiger partial charge in [0.25, 0.3) is 11.8 Å². The van der Waals surface area contributed by atoms with Gasteiger partial charge in [0.05, 0.1) is 22.8 Å². The van der Waals surface area contributed by atoms with E-state index in [9.17, 15) is 9.59 Å². The molecular formula is C35H26N4O2. The van der Waals surface area contributed by atoms with Gasteiger partial charge in [0.15, 0.2) is 0 Å². The third-order valence-electron chi connectivity index (χ3n) is 6.85. The zero-order chi connectivity index (χ0) is 28.0. The molecule has 0 saturated carbocycles.